The molecular formula is C23H24N4O5. The van der Waals surface area contributed by atoms with Gasteiger partial charge in [-0.2, -0.15) is 0 Å². The zero-order valence-electron chi connectivity index (χ0n) is 18.1. The zero-order valence-corrected chi connectivity index (χ0v) is 18.1. The summed E-state index contributed by atoms with van der Waals surface area (Å²) in [6.07, 6.45) is 5.76. The number of pyridine rings is 1. The lowest BCUT2D eigenvalue weighted by molar-refractivity contribution is -0.386. The number of nitro groups is 1. The van der Waals surface area contributed by atoms with Crippen molar-refractivity contribution in [1.82, 2.24) is 14.9 Å². The minimum atomic E-state index is -0.531. The van der Waals surface area contributed by atoms with E-state index in [2.05, 4.69) is 9.97 Å². The minimum absolute atomic E-state index is 0.0566. The van der Waals surface area contributed by atoms with Crippen LogP contribution >= 0.6 is 0 Å². The van der Waals surface area contributed by atoms with Gasteiger partial charge in [0, 0.05) is 48.0 Å². The van der Waals surface area contributed by atoms with Crippen LogP contribution in [-0.4, -0.2) is 44.6 Å². The summed E-state index contributed by atoms with van der Waals surface area (Å²) in [6, 6.07) is 8.28. The summed E-state index contributed by atoms with van der Waals surface area (Å²) in [6.45, 7) is 6.57. The molecule has 0 spiro atoms. The lowest BCUT2D eigenvalue weighted by atomic mass is 9.99. The van der Waals surface area contributed by atoms with Crippen LogP contribution in [0.5, 0.6) is 11.6 Å². The maximum Gasteiger partial charge on any atom is 0.410 e. The van der Waals surface area contributed by atoms with Crippen LogP contribution in [0.25, 0.3) is 16.5 Å². The number of fused-ring (bicyclic) bond motifs is 1. The van der Waals surface area contributed by atoms with Gasteiger partial charge in [-0.25, -0.2) is 9.78 Å². The molecule has 1 aromatic carbocycles. The van der Waals surface area contributed by atoms with Crippen LogP contribution in [0.2, 0.25) is 0 Å². The smallest absolute Gasteiger partial charge is 0.410 e. The number of amides is 1. The first-order valence-electron chi connectivity index (χ1n) is 10.3. The first-order valence-corrected chi connectivity index (χ1v) is 10.3. The number of carbonyl (C=O) groups excluding carboxylic acids is 1. The number of benzene rings is 1. The fourth-order valence-electron chi connectivity index (χ4n) is 3.55. The van der Waals surface area contributed by atoms with E-state index < -0.39 is 10.5 Å². The van der Waals surface area contributed by atoms with Crippen LogP contribution in [0.15, 0.2) is 48.8 Å². The van der Waals surface area contributed by atoms with Gasteiger partial charge in [0.25, 0.3) is 5.88 Å². The largest absolute Gasteiger partial charge is 0.444 e. The molecule has 0 atom stereocenters. The number of aromatic nitrogens is 2. The molecule has 1 amide bonds. The molecule has 3 heterocycles. The molecule has 4 rings (SSSR count). The molecule has 3 aromatic rings. The third-order valence-electron chi connectivity index (χ3n) is 5.02. The summed E-state index contributed by atoms with van der Waals surface area (Å²) in [5.41, 5.74) is 2.30. The molecule has 2 aromatic heterocycles. The highest BCUT2D eigenvalue weighted by Gasteiger charge is 2.24. The summed E-state index contributed by atoms with van der Waals surface area (Å²) >= 11 is 0. The highest BCUT2D eigenvalue weighted by Crippen LogP contribution is 2.34. The molecule has 1 N–H and O–H groups in total. The molecule has 0 bridgehead atoms. The van der Waals surface area contributed by atoms with Gasteiger partial charge in [0.15, 0.2) is 0 Å². The monoisotopic (exact) mass is 436 g/mol. The third-order valence-corrected chi connectivity index (χ3v) is 5.02. The Hall–Kier alpha value is -3.88. The van der Waals surface area contributed by atoms with E-state index in [4.69, 9.17) is 9.47 Å². The minimum Gasteiger partial charge on any atom is -0.444 e. The Bertz CT molecular complexity index is 1210. The highest BCUT2D eigenvalue weighted by atomic mass is 16.6. The second-order valence-corrected chi connectivity index (χ2v) is 8.50. The van der Waals surface area contributed by atoms with Crippen LogP contribution < -0.4 is 4.74 Å². The van der Waals surface area contributed by atoms with Crippen molar-refractivity contribution in [3.63, 3.8) is 0 Å². The first kappa shape index (κ1) is 21.4. The maximum atomic E-state index is 12.3. The van der Waals surface area contributed by atoms with E-state index in [-0.39, 0.29) is 17.7 Å². The van der Waals surface area contributed by atoms with Gasteiger partial charge in [0.2, 0.25) is 0 Å². The Morgan fingerprint density at radius 2 is 2.09 bits per heavy atom. The number of carbonyl (C=O) groups is 1. The zero-order chi connectivity index (χ0) is 22.9. The average molecular weight is 436 g/mol. The van der Waals surface area contributed by atoms with Gasteiger partial charge in [0.1, 0.15) is 11.4 Å². The fourth-order valence-corrected chi connectivity index (χ4v) is 3.55. The van der Waals surface area contributed by atoms with E-state index in [9.17, 15) is 14.9 Å². The Morgan fingerprint density at radius 1 is 1.28 bits per heavy atom. The maximum absolute atomic E-state index is 12.3. The van der Waals surface area contributed by atoms with Crippen LogP contribution in [0.3, 0.4) is 0 Å². The number of H-pyrrole nitrogens is 1. The first-order chi connectivity index (χ1) is 15.2. The molecule has 0 radical (unpaired) electrons. The number of hydrogen-bond donors (Lipinski definition) is 1. The van der Waals surface area contributed by atoms with E-state index in [0.29, 0.717) is 25.3 Å². The normalized spacial score (nSPS) is 14.2. The Kier molecular flexibility index (Phi) is 5.56. The second-order valence-electron chi connectivity index (χ2n) is 8.50. The molecule has 9 nitrogen and oxygen atoms in total. The van der Waals surface area contributed by atoms with Gasteiger partial charge in [-0.1, -0.05) is 6.08 Å². The van der Waals surface area contributed by atoms with Gasteiger partial charge >= 0.3 is 11.8 Å². The van der Waals surface area contributed by atoms with Gasteiger partial charge < -0.3 is 19.4 Å². The van der Waals surface area contributed by atoms with Gasteiger partial charge in [0.05, 0.1) is 4.92 Å². The molecule has 9 heteroatoms. The van der Waals surface area contributed by atoms with Crippen LogP contribution in [-0.2, 0) is 4.74 Å². The van der Waals surface area contributed by atoms with E-state index in [0.717, 1.165) is 22.0 Å². The van der Waals surface area contributed by atoms with Gasteiger partial charge in [-0.05, 0) is 57.0 Å². The lowest BCUT2D eigenvalue weighted by Gasteiger charge is -2.29. The molecule has 0 aliphatic carbocycles. The third kappa shape index (κ3) is 4.56. The van der Waals surface area contributed by atoms with Crippen LogP contribution in [0.1, 0.15) is 32.8 Å². The van der Waals surface area contributed by atoms with Crippen LogP contribution in [0.4, 0.5) is 10.5 Å². The summed E-state index contributed by atoms with van der Waals surface area (Å²) in [7, 11) is 0. The highest BCUT2D eigenvalue weighted by molar-refractivity contribution is 5.94. The number of ether oxygens (including phenoxy) is 2. The Morgan fingerprint density at radius 3 is 2.78 bits per heavy atom. The molecule has 0 unspecified atom stereocenters. The molecule has 1 aliphatic heterocycles. The topological polar surface area (TPSA) is 111 Å². The fraction of sp³-hybridized carbons (Fsp3) is 0.304. The van der Waals surface area contributed by atoms with Crippen molar-refractivity contribution in [2.24, 2.45) is 0 Å². The van der Waals surface area contributed by atoms with Gasteiger partial charge in [-0.15, -0.1) is 0 Å². The number of hydrogen-bond acceptors (Lipinski definition) is 6. The van der Waals surface area contributed by atoms with Crippen molar-refractivity contribution in [2.45, 2.75) is 32.8 Å². The van der Waals surface area contributed by atoms with Crippen molar-refractivity contribution in [2.75, 3.05) is 13.1 Å². The van der Waals surface area contributed by atoms with E-state index in [1.165, 1.54) is 18.3 Å². The summed E-state index contributed by atoms with van der Waals surface area (Å²) in [5.74, 6) is 0.394. The predicted molar refractivity (Wildman–Crippen MR) is 120 cm³/mol. The van der Waals surface area contributed by atoms with E-state index >= 15 is 0 Å². The molecule has 32 heavy (non-hydrogen) atoms. The van der Waals surface area contributed by atoms with Crippen molar-refractivity contribution in [3.05, 3.63) is 64.5 Å². The second kappa shape index (κ2) is 8.33. The number of nitrogens with zero attached hydrogens (tertiary/aromatic N) is 3. The van der Waals surface area contributed by atoms with Crippen molar-refractivity contribution < 1.29 is 19.2 Å². The van der Waals surface area contributed by atoms with Crippen molar-refractivity contribution in [1.29, 1.82) is 0 Å². The molecule has 0 fully saturated rings. The average Bonchev–Trinajstić information content (AvgIpc) is 3.16. The number of rotatable bonds is 4. The van der Waals surface area contributed by atoms with E-state index in [1.54, 1.807) is 11.0 Å². The molecule has 1 aliphatic rings. The standard InChI is InChI=1S/C23H24N4O5/c1-23(2,3)32-22(28)26-11-8-15(9-12-26)18-14-25-19-7-6-16(13-17(18)19)31-21-20(27(29)30)5-4-10-24-21/h4-8,10,13-14,25H,9,11-12H2,1-3H3. The summed E-state index contributed by atoms with van der Waals surface area (Å²) < 4.78 is 11.2. The molecular weight excluding hydrogens is 412 g/mol. The number of aromatic amines is 1. The molecule has 0 saturated carbocycles. The molecule has 166 valence electrons. The van der Waals surface area contributed by atoms with Crippen molar-refractivity contribution >= 4 is 28.3 Å². The number of nitrogens with one attached hydrogen (secondary N) is 1. The summed E-state index contributed by atoms with van der Waals surface area (Å²) in [5, 5.41) is 12.2. The quantitative estimate of drug-likeness (QED) is 0.440. The lowest BCUT2D eigenvalue weighted by Crippen LogP contribution is -2.39. The SMILES string of the molecule is CC(C)(C)OC(=O)N1CC=C(c2c[nH]c3ccc(Oc4ncccc4[N+](=O)[O-])cc23)CC1. The summed E-state index contributed by atoms with van der Waals surface area (Å²) in [4.78, 5) is 31.9. The van der Waals surface area contributed by atoms with Gasteiger partial charge in [-0.3, -0.25) is 10.1 Å². The predicted octanol–water partition coefficient (Wildman–Crippen LogP) is 5.29. The molecule has 0 saturated heterocycles. The Labute approximate surface area is 184 Å². The Balaban J connectivity index is 1.57. The van der Waals surface area contributed by atoms with Crippen LogP contribution in [0, 0.1) is 10.1 Å². The van der Waals surface area contributed by atoms with Crippen molar-refractivity contribution in [3.8, 4) is 11.6 Å². The van der Waals surface area contributed by atoms with E-state index in [1.807, 2.05) is 45.2 Å².